The molecule has 0 saturated heterocycles. The van der Waals surface area contributed by atoms with Gasteiger partial charge in [-0.25, -0.2) is 0 Å². The van der Waals surface area contributed by atoms with Gasteiger partial charge in [-0.05, 0) is 26.2 Å². The van der Waals surface area contributed by atoms with Gasteiger partial charge in [0.05, 0.1) is 6.61 Å². The van der Waals surface area contributed by atoms with Crippen molar-refractivity contribution in [2.75, 3.05) is 6.61 Å². The lowest BCUT2D eigenvalue weighted by atomic mass is 10.0. The van der Waals surface area contributed by atoms with Crippen LogP contribution in [0.2, 0.25) is 0 Å². The number of hydrogen-bond donors (Lipinski definition) is 1. The molecular weight excluding hydrogens is 280 g/mol. The van der Waals surface area contributed by atoms with Crippen LogP contribution in [0.25, 0.3) is 0 Å². The van der Waals surface area contributed by atoms with Gasteiger partial charge < -0.3 is 4.74 Å². The molecular formula is C18H36O2S. The second kappa shape index (κ2) is 16.2. The molecule has 0 heterocycles. The molecule has 1 atom stereocenters. The van der Waals surface area contributed by atoms with Crippen molar-refractivity contribution in [1.29, 1.82) is 0 Å². The number of carbonyl (C=O) groups excluding carboxylic acids is 1. The van der Waals surface area contributed by atoms with E-state index in [4.69, 9.17) is 4.74 Å². The first-order chi connectivity index (χ1) is 10.2. The second-order valence-corrected chi connectivity index (χ2v) is 6.70. The predicted octanol–water partition coefficient (Wildman–Crippen LogP) is 5.94. The van der Waals surface area contributed by atoms with Crippen LogP contribution in [0.1, 0.15) is 97.3 Å². The molecule has 0 aromatic carbocycles. The third kappa shape index (κ3) is 16.0. The summed E-state index contributed by atoms with van der Waals surface area (Å²) in [6.45, 7) is 4.60. The summed E-state index contributed by atoms with van der Waals surface area (Å²) in [6, 6.07) is 0. The zero-order chi connectivity index (χ0) is 15.8. The monoisotopic (exact) mass is 316 g/mol. The van der Waals surface area contributed by atoms with Crippen LogP contribution in [0.3, 0.4) is 0 Å². The molecule has 0 N–H and O–H groups in total. The minimum Gasteiger partial charge on any atom is -0.466 e. The molecule has 0 rings (SSSR count). The molecule has 0 aromatic rings. The fourth-order valence-corrected chi connectivity index (χ4v) is 2.92. The lowest BCUT2D eigenvalue weighted by Gasteiger charge is -2.10. The van der Waals surface area contributed by atoms with Crippen molar-refractivity contribution >= 4 is 18.6 Å². The summed E-state index contributed by atoms with van der Waals surface area (Å²) >= 11 is 4.61. The minimum absolute atomic E-state index is 0.0684. The summed E-state index contributed by atoms with van der Waals surface area (Å²) in [5, 5.41) is 0.448. The van der Waals surface area contributed by atoms with Crippen LogP contribution in [0, 0.1) is 0 Å². The van der Waals surface area contributed by atoms with E-state index in [0.29, 0.717) is 18.3 Å². The Balaban J connectivity index is 3.22. The lowest BCUT2D eigenvalue weighted by Crippen LogP contribution is -2.05. The van der Waals surface area contributed by atoms with Gasteiger partial charge in [-0.1, -0.05) is 64.7 Å². The smallest absolute Gasteiger partial charge is 0.305 e. The highest BCUT2D eigenvalue weighted by Gasteiger charge is 2.06. The van der Waals surface area contributed by atoms with Crippen molar-refractivity contribution in [1.82, 2.24) is 0 Å². The molecule has 0 spiro atoms. The standard InChI is InChI=1S/C18H36O2S/c1-3-5-6-7-8-9-10-11-12-14-17(21)15-13-16-18(19)20-4-2/h17,21H,3-16H2,1-2H3. The van der Waals surface area contributed by atoms with Crippen molar-refractivity contribution in [3.05, 3.63) is 0 Å². The molecule has 0 bridgehead atoms. The summed E-state index contributed by atoms with van der Waals surface area (Å²) in [5.74, 6) is -0.0684. The van der Waals surface area contributed by atoms with Crippen LogP contribution in [0.5, 0.6) is 0 Å². The van der Waals surface area contributed by atoms with Gasteiger partial charge in [0.15, 0.2) is 0 Å². The largest absolute Gasteiger partial charge is 0.466 e. The van der Waals surface area contributed by atoms with E-state index in [2.05, 4.69) is 19.6 Å². The number of thiol groups is 1. The molecule has 3 heteroatoms. The number of rotatable bonds is 15. The highest BCUT2D eigenvalue weighted by molar-refractivity contribution is 7.80. The van der Waals surface area contributed by atoms with E-state index in [0.717, 1.165) is 12.8 Å². The summed E-state index contributed by atoms with van der Waals surface area (Å²) in [7, 11) is 0. The van der Waals surface area contributed by atoms with E-state index in [1.165, 1.54) is 64.2 Å². The first-order valence-corrected chi connectivity index (χ1v) is 9.56. The van der Waals surface area contributed by atoms with Gasteiger partial charge in [-0.15, -0.1) is 0 Å². The fourth-order valence-electron chi connectivity index (χ4n) is 2.55. The van der Waals surface area contributed by atoms with E-state index < -0.39 is 0 Å². The molecule has 0 radical (unpaired) electrons. The first-order valence-electron chi connectivity index (χ1n) is 9.04. The molecule has 0 aliphatic carbocycles. The Bertz CT molecular complexity index is 231. The maximum Gasteiger partial charge on any atom is 0.305 e. The van der Waals surface area contributed by atoms with E-state index in [9.17, 15) is 4.79 Å². The van der Waals surface area contributed by atoms with E-state index in [1.807, 2.05) is 6.92 Å². The Labute approximate surface area is 137 Å². The quantitative estimate of drug-likeness (QED) is 0.230. The predicted molar refractivity (Wildman–Crippen MR) is 95.1 cm³/mol. The van der Waals surface area contributed by atoms with Gasteiger partial charge in [0, 0.05) is 11.7 Å². The van der Waals surface area contributed by atoms with Gasteiger partial charge >= 0.3 is 5.97 Å². The topological polar surface area (TPSA) is 26.3 Å². The number of esters is 1. The average molecular weight is 317 g/mol. The third-order valence-electron chi connectivity index (χ3n) is 3.86. The van der Waals surface area contributed by atoms with Crippen LogP contribution in [-0.4, -0.2) is 17.8 Å². The third-order valence-corrected chi connectivity index (χ3v) is 4.38. The van der Waals surface area contributed by atoms with Gasteiger partial charge in [0.1, 0.15) is 0 Å². The number of carbonyl (C=O) groups is 1. The molecule has 2 nitrogen and oxygen atoms in total. The first kappa shape index (κ1) is 20.8. The number of ether oxygens (including phenoxy) is 1. The Morgan fingerprint density at radius 2 is 1.38 bits per heavy atom. The van der Waals surface area contributed by atoms with Crippen LogP contribution >= 0.6 is 12.6 Å². The summed E-state index contributed by atoms with van der Waals surface area (Å²) in [4.78, 5) is 11.2. The second-order valence-electron chi connectivity index (χ2n) is 5.97. The van der Waals surface area contributed by atoms with E-state index in [1.54, 1.807) is 0 Å². The molecule has 0 amide bonds. The molecule has 0 aliphatic heterocycles. The Hall–Kier alpha value is -0.180. The number of unbranched alkanes of at least 4 members (excludes halogenated alkanes) is 8. The summed E-state index contributed by atoms with van der Waals surface area (Å²) in [6.07, 6.45) is 16.0. The van der Waals surface area contributed by atoms with Crippen molar-refractivity contribution in [2.24, 2.45) is 0 Å². The van der Waals surface area contributed by atoms with Crippen LogP contribution in [0.4, 0.5) is 0 Å². The van der Waals surface area contributed by atoms with Gasteiger partial charge in [0.2, 0.25) is 0 Å². The van der Waals surface area contributed by atoms with E-state index in [-0.39, 0.29) is 5.97 Å². The zero-order valence-corrected chi connectivity index (χ0v) is 15.1. The minimum atomic E-state index is -0.0684. The van der Waals surface area contributed by atoms with Crippen molar-refractivity contribution in [3.63, 3.8) is 0 Å². The van der Waals surface area contributed by atoms with Crippen molar-refractivity contribution in [2.45, 2.75) is 103 Å². The van der Waals surface area contributed by atoms with Crippen LogP contribution < -0.4 is 0 Å². The highest BCUT2D eigenvalue weighted by atomic mass is 32.1. The van der Waals surface area contributed by atoms with Gasteiger partial charge in [-0.2, -0.15) is 12.6 Å². The maximum atomic E-state index is 11.2. The molecule has 126 valence electrons. The van der Waals surface area contributed by atoms with Crippen LogP contribution in [-0.2, 0) is 9.53 Å². The number of hydrogen-bond acceptors (Lipinski definition) is 3. The van der Waals surface area contributed by atoms with Crippen LogP contribution in [0.15, 0.2) is 0 Å². The van der Waals surface area contributed by atoms with Crippen molar-refractivity contribution in [3.8, 4) is 0 Å². The Morgan fingerprint density at radius 3 is 1.95 bits per heavy atom. The van der Waals surface area contributed by atoms with Gasteiger partial charge in [-0.3, -0.25) is 4.79 Å². The lowest BCUT2D eigenvalue weighted by molar-refractivity contribution is -0.143. The Kier molecular flexibility index (Phi) is 16.1. The molecule has 21 heavy (non-hydrogen) atoms. The van der Waals surface area contributed by atoms with Crippen molar-refractivity contribution < 1.29 is 9.53 Å². The molecule has 0 fully saturated rings. The molecule has 0 aromatic heterocycles. The summed E-state index contributed by atoms with van der Waals surface area (Å²) < 4.78 is 4.92. The normalized spacial score (nSPS) is 12.3. The molecule has 0 saturated carbocycles. The zero-order valence-electron chi connectivity index (χ0n) is 14.2. The molecule has 0 aliphatic rings. The maximum absolute atomic E-state index is 11.2. The van der Waals surface area contributed by atoms with E-state index >= 15 is 0 Å². The summed E-state index contributed by atoms with van der Waals surface area (Å²) in [5.41, 5.74) is 0. The average Bonchev–Trinajstić information content (AvgIpc) is 2.46. The molecule has 1 unspecified atom stereocenters. The highest BCUT2D eigenvalue weighted by Crippen LogP contribution is 2.17. The SMILES string of the molecule is CCCCCCCCCCCC(S)CCCC(=O)OCC. The fraction of sp³-hybridized carbons (Fsp3) is 0.944. The Morgan fingerprint density at radius 1 is 0.857 bits per heavy atom. The van der Waals surface area contributed by atoms with Gasteiger partial charge in [0.25, 0.3) is 0 Å².